The van der Waals surface area contributed by atoms with E-state index in [0.29, 0.717) is 5.41 Å². The van der Waals surface area contributed by atoms with E-state index in [2.05, 4.69) is 37.1 Å². The van der Waals surface area contributed by atoms with Gasteiger partial charge in [-0.25, -0.2) is 0 Å². The van der Waals surface area contributed by atoms with Crippen LogP contribution >= 0.6 is 0 Å². The van der Waals surface area contributed by atoms with Gasteiger partial charge >= 0.3 is 0 Å². The maximum atomic E-state index is 5.77. The van der Waals surface area contributed by atoms with Gasteiger partial charge in [-0.05, 0) is 51.4 Å². The van der Waals surface area contributed by atoms with E-state index in [1.54, 1.807) is 0 Å². The number of likely N-dealkylation sites (tertiary alicyclic amines) is 1. The van der Waals surface area contributed by atoms with Crippen molar-refractivity contribution in [2.24, 2.45) is 5.41 Å². The molecule has 0 unspecified atom stereocenters. The van der Waals surface area contributed by atoms with Crippen LogP contribution in [-0.2, 0) is 13.1 Å². The van der Waals surface area contributed by atoms with Gasteiger partial charge in [-0.15, -0.1) is 0 Å². The highest BCUT2D eigenvalue weighted by Crippen LogP contribution is 2.34. The molecule has 1 aromatic rings. The van der Waals surface area contributed by atoms with Crippen LogP contribution in [0.1, 0.15) is 50.2 Å². The number of nitrogens with zero attached hydrogens (tertiary/aromatic N) is 1. The van der Waals surface area contributed by atoms with Crippen molar-refractivity contribution in [1.82, 2.24) is 10.2 Å². The maximum absolute atomic E-state index is 5.77. The van der Waals surface area contributed by atoms with E-state index >= 15 is 0 Å². The maximum Gasteiger partial charge on any atom is 0.118 e. The normalized spacial score (nSPS) is 19.8. The molecule has 2 rings (SSSR count). The van der Waals surface area contributed by atoms with Crippen molar-refractivity contribution >= 4 is 0 Å². The fourth-order valence-corrected chi connectivity index (χ4v) is 2.85. The molecule has 0 bridgehead atoms. The molecule has 1 aromatic heterocycles. The summed E-state index contributed by atoms with van der Waals surface area (Å²) in [6.07, 6.45) is 3.95. The Kier molecular flexibility index (Phi) is 4.69. The van der Waals surface area contributed by atoms with Crippen LogP contribution in [0.2, 0.25) is 0 Å². The third-order valence-electron chi connectivity index (χ3n) is 4.73. The lowest BCUT2D eigenvalue weighted by Crippen LogP contribution is -2.37. The van der Waals surface area contributed by atoms with E-state index in [-0.39, 0.29) is 0 Å². The van der Waals surface area contributed by atoms with Crippen molar-refractivity contribution in [3.63, 3.8) is 0 Å². The molecule has 0 aliphatic carbocycles. The predicted octanol–water partition coefficient (Wildman–Crippen LogP) is 3.32. The van der Waals surface area contributed by atoms with Gasteiger partial charge in [0, 0.05) is 12.1 Å². The lowest BCUT2D eigenvalue weighted by Gasteiger charge is -2.38. The van der Waals surface area contributed by atoms with Gasteiger partial charge in [0.2, 0.25) is 0 Å². The first-order valence-electron chi connectivity index (χ1n) is 7.51. The van der Waals surface area contributed by atoms with Crippen LogP contribution in [0.15, 0.2) is 10.5 Å². The van der Waals surface area contributed by atoms with E-state index < -0.39 is 0 Å². The molecule has 1 fully saturated rings. The number of furan rings is 1. The fourth-order valence-electron chi connectivity index (χ4n) is 2.85. The molecule has 0 radical (unpaired) electrons. The van der Waals surface area contributed by atoms with E-state index in [9.17, 15) is 0 Å². The van der Waals surface area contributed by atoms with Gasteiger partial charge < -0.3 is 9.73 Å². The molecule has 0 amide bonds. The Bertz CT molecular complexity index is 403. The molecule has 3 nitrogen and oxygen atoms in total. The molecule has 108 valence electrons. The van der Waals surface area contributed by atoms with Crippen molar-refractivity contribution in [1.29, 1.82) is 0 Å². The molecule has 0 saturated carbocycles. The number of aryl methyl sites for hydroxylation is 1. The van der Waals surface area contributed by atoms with E-state index in [1.807, 2.05) is 7.05 Å². The zero-order valence-electron chi connectivity index (χ0n) is 12.9. The molecule has 0 spiro atoms. The molecule has 0 aromatic carbocycles. The number of piperidine rings is 1. The highest BCUT2D eigenvalue weighted by atomic mass is 16.3. The van der Waals surface area contributed by atoms with Crippen molar-refractivity contribution in [3.8, 4) is 0 Å². The molecule has 2 heterocycles. The van der Waals surface area contributed by atoms with Crippen LogP contribution in [0.5, 0.6) is 0 Å². The van der Waals surface area contributed by atoms with Crippen molar-refractivity contribution in [2.45, 2.75) is 53.1 Å². The minimum atomic E-state index is 0.569. The van der Waals surface area contributed by atoms with Crippen LogP contribution in [0.25, 0.3) is 0 Å². The first kappa shape index (κ1) is 14.6. The summed E-state index contributed by atoms with van der Waals surface area (Å²) in [6.45, 7) is 11.1. The molecule has 0 atom stereocenters. The summed E-state index contributed by atoms with van der Waals surface area (Å²) >= 11 is 0. The Morgan fingerprint density at radius 2 is 2.05 bits per heavy atom. The molecular weight excluding hydrogens is 236 g/mol. The van der Waals surface area contributed by atoms with Gasteiger partial charge in [0.05, 0.1) is 6.54 Å². The van der Waals surface area contributed by atoms with Gasteiger partial charge in [-0.3, -0.25) is 4.90 Å². The smallest absolute Gasteiger partial charge is 0.118 e. The fraction of sp³-hybridized carbons (Fsp3) is 0.750. The average Bonchev–Trinajstić information content (AvgIpc) is 2.73. The average molecular weight is 264 g/mol. The van der Waals surface area contributed by atoms with E-state index in [4.69, 9.17) is 4.42 Å². The Morgan fingerprint density at radius 3 is 2.63 bits per heavy atom. The second kappa shape index (κ2) is 6.10. The molecule has 1 aliphatic heterocycles. The summed E-state index contributed by atoms with van der Waals surface area (Å²) in [5.74, 6) is 2.12. The van der Waals surface area contributed by atoms with Crippen LogP contribution < -0.4 is 5.32 Å². The van der Waals surface area contributed by atoms with E-state index in [1.165, 1.54) is 37.9 Å². The third kappa shape index (κ3) is 3.61. The summed E-state index contributed by atoms with van der Waals surface area (Å²) in [4.78, 5) is 2.57. The van der Waals surface area contributed by atoms with Crippen LogP contribution in [0, 0.1) is 12.3 Å². The zero-order valence-corrected chi connectivity index (χ0v) is 12.9. The minimum Gasteiger partial charge on any atom is -0.465 e. The van der Waals surface area contributed by atoms with Crippen LogP contribution in [-0.4, -0.2) is 25.0 Å². The van der Waals surface area contributed by atoms with Gasteiger partial charge in [-0.2, -0.15) is 0 Å². The Morgan fingerprint density at radius 1 is 1.37 bits per heavy atom. The highest BCUT2D eigenvalue weighted by Gasteiger charge is 2.28. The number of hydrogen-bond donors (Lipinski definition) is 1. The lowest BCUT2D eigenvalue weighted by molar-refractivity contribution is 0.109. The summed E-state index contributed by atoms with van der Waals surface area (Å²) in [7, 11) is 1.95. The monoisotopic (exact) mass is 264 g/mol. The summed E-state index contributed by atoms with van der Waals surface area (Å²) in [6, 6.07) is 2.21. The van der Waals surface area contributed by atoms with Crippen molar-refractivity contribution in [2.75, 3.05) is 20.1 Å². The van der Waals surface area contributed by atoms with Gasteiger partial charge in [0.15, 0.2) is 0 Å². The Balaban J connectivity index is 1.92. The summed E-state index contributed by atoms with van der Waals surface area (Å²) in [5.41, 5.74) is 1.92. The largest absolute Gasteiger partial charge is 0.465 e. The minimum absolute atomic E-state index is 0.569. The van der Waals surface area contributed by atoms with Gasteiger partial charge in [0.25, 0.3) is 0 Å². The number of rotatable bonds is 5. The van der Waals surface area contributed by atoms with Gasteiger partial charge in [-0.1, -0.05) is 20.3 Å². The molecule has 1 aliphatic rings. The third-order valence-corrected chi connectivity index (χ3v) is 4.73. The lowest BCUT2D eigenvalue weighted by atomic mass is 9.78. The topological polar surface area (TPSA) is 28.4 Å². The standard InChI is InChI=1S/C16H28N2O/c1-5-16(3)6-8-18(9-7-16)12-14-10-15(11-17-4)19-13(14)2/h10,17H,5-9,11-12H2,1-4H3. The molecular formula is C16H28N2O. The second-order valence-corrected chi connectivity index (χ2v) is 6.26. The first-order chi connectivity index (χ1) is 9.06. The van der Waals surface area contributed by atoms with Crippen LogP contribution in [0.4, 0.5) is 0 Å². The molecule has 19 heavy (non-hydrogen) atoms. The first-order valence-corrected chi connectivity index (χ1v) is 7.51. The SMILES string of the molecule is CCC1(C)CCN(Cc2cc(CNC)oc2C)CC1. The second-order valence-electron chi connectivity index (χ2n) is 6.26. The van der Waals surface area contributed by atoms with Crippen molar-refractivity contribution in [3.05, 3.63) is 23.2 Å². The molecule has 1 N–H and O–H groups in total. The predicted molar refractivity (Wildman–Crippen MR) is 79.1 cm³/mol. The number of nitrogens with one attached hydrogen (secondary N) is 1. The van der Waals surface area contributed by atoms with E-state index in [0.717, 1.165) is 24.6 Å². The molecule has 1 saturated heterocycles. The highest BCUT2D eigenvalue weighted by molar-refractivity contribution is 5.20. The quantitative estimate of drug-likeness (QED) is 0.884. The van der Waals surface area contributed by atoms with Crippen LogP contribution in [0.3, 0.4) is 0 Å². The molecule has 3 heteroatoms. The Labute approximate surface area is 117 Å². The van der Waals surface area contributed by atoms with Crippen molar-refractivity contribution < 1.29 is 4.42 Å². The Hall–Kier alpha value is -0.800. The summed E-state index contributed by atoms with van der Waals surface area (Å²) < 4.78 is 5.77. The summed E-state index contributed by atoms with van der Waals surface area (Å²) in [5, 5.41) is 3.14. The number of hydrogen-bond acceptors (Lipinski definition) is 3. The zero-order chi connectivity index (χ0) is 13.9. The van der Waals surface area contributed by atoms with Gasteiger partial charge in [0.1, 0.15) is 11.5 Å².